The first kappa shape index (κ1) is 14.7. The Labute approximate surface area is 126 Å². The minimum atomic E-state index is -0.205. The summed E-state index contributed by atoms with van der Waals surface area (Å²) in [4.78, 5) is 20.5. The number of aromatic nitrogens is 2. The molecule has 106 valence electrons. The molecule has 2 rings (SSSR count). The first-order valence-electron chi connectivity index (χ1n) is 6.19. The molecule has 0 spiro atoms. The molecule has 0 aliphatic carbocycles. The Morgan fingerprint density at radius 1 is 1.50 bits per heavy atom. The maximum atomic E-state index is 12.2. The third-order valence-electron chi connectivity index (χ3n) is 2.80. The zero-order valence-corrected chi connectivity index (χ0v) is 12.8. The van der Waals surface area contributed by atoms with Crippen molar-refractivity contribution in [1.82, 2.24) is 15.3 Å². The van der Waals surface area contributed by atoms with Gasteiger partial charge in [0.25, 0.3) is 5.91 Å². The molecule has 0 radical (unpaired) electrons. The van der Waals surface area contributed by atoms with Crippen molar-refractivity contribution in [3.63, 3.8) is 0 Å². The molecule has 1 amide bonds. The summed E-state index contributed by atoms with van der Waals surface area (Å²) >= 11 is 7.55. The van der Waals surface area contributed by atoms with Gasteiger partial charge in [0.2, 0.25) is 0 Å². The summed E-state index contributed by atoms with van der Waals surface area (Å²) in [7, 11) is 1.73. The lowest BCUT2D eigenvalue weighted by Crippen LogP contribution is -2.28. The first-order chi connectivity index (χ1) is 9.65. The molecule has 0 aliphatic rings. The van der Waals surface area contributed by atoms with E-state index in [1.54, 1.807) is 19.3 Å². The van der Waals surface area contributed by atoms with E-state index in [-0.39, 0.29) is 11.9 Å². The number of hydrogen-bond acceptors (Lipinski definition) is 5. The van der Waals surface area contributed by atoms with Gasteiger partial charge >= 0.3 is 0 Å². The summed E-state index contributed by atoms with van der Waals surface area (Å²) in [5.41, 5.74) is 0.434. The molecule has 0 saturated heterocycles. The van der Waals surface area contributed by atoms with Crippen molar-refractivity contribution in [3.05, 3.63) is 39.4 Å². The van der Waals surface area contributed by atoms with Crippen molar-refractivity contribution >= 4 is 34.7 Å². The summed E-state index contributed by atoms with van der Waals surface area (Å²) in [6.07, 6.45) is 4.01. The van der Waals surface area contributed by atoms with Crippen molar-refractivity contribution in [2.75, 3.05) is 12.4 Å². The van der Waals surface area contributed by atoms with Crippen LogP contribution in [0.3, 0.4) is 0 Å². The highest BCUT2D eigenvalue weighted by molar-refractivity contribution is 7.09. The van der Waals surface area contributed by atoms with Crippen LogP contribution in [0.1, 0.15) is 34.8 Å². The Bertz CT molecular complexity index is 588. The van der Waals surface area contributed by atoms with E-state index >= 15 is 0 Å². The first-order valence-corrected chi connectivity index (χ1v) is 7.45. The zero-order chi connectivity index (χ0) is 14.5. The average molecular weight is 311 g/mol. The van der Waals surface area contributed by atoms with Gasteiger partial charge in [0.15, 0.2) is 0 Å². The fourth-order valence-electron chi connectivity index (χ4n) is 1.73. The van der Waals surface area contributed by atoms with Gasteiger partial charge in [0.05, 0.1) is 16.6 Å². The molecule has 1 unspecified atom stereocenters. The van der Waals surface area contributed by atoms with Gasteiger partial charge in [-0.2, -0.15) is 0 Å². The molecule has 0 aliphatic heterocycles. The van der Waals surface area contributed by atoms with E-state index < -0.39 is 0 Å². The number of rotatable bonds is 5. The molecule has 2 aromatic rings. The lowest BCUT2D eigenvalue weighted by atomic mass is 10.2. The van der Waals surface area contributed by atoms with Gasteiger partial charge in [0.1, 0.15) is 10.8 Å². The number of amides is 1. The quantitative estimate of drug-likeness (QED) is 0.890. The minimum Gasteiger partial charge on any atom is -0.372 e. The predicted octanol–water partition coefficient (Wildman–Crippen LogP) is 3.11. The molecule has 0 aromatic carbocycles. The Hall–Kier alpha value is -1.66. The summed E-state index contributed by atoms with van der Waals surface area (Å²) in [5.74, 6) is 0.347. The van der Waals surface area contributed by atoms with E-state index in [0.29, 0.717) is 16.4 Å². The number of carbonyl (C=O) groups is 1. The largest absolute Gasteiger partial charge is 0.372 e. The van der Waals surface area contributed by atoms with Crippen LogP contribution in [0.2, 0.25) is 5.02 Å². The fourth-order valence-corrected chi connectivity index (χ4v) is 2.77. The number of nitrogens with one attached hydrogen (secondary N) is 2. The predicted molar refractivity (Wildman–Crippen MR) is 81.4 cm³/mol. The third kappa shape index (κ3) is 3.26. The van der Waals surface area contributed by atoms with Crippen LogP contribution in [-0.2, 0) is 0 Å². The van der Waals surface area contributed by atoms with Crippen molar-refractivity contribution in [2.24, 2.45) is 0 Å². The lowest BCUT2D eigenvalue weighted by Gasteiger charge is -2.14. The van der Waals surface area contributed by atoms with Crippen LogP contribution in [0, 0.1) is 0 Å². The topological polar surface area (TPSA) is 66.9 Å². The number of nitrogens with zero attached hydrogens (tertiary/aromatic N) is 2. The second-order valence-corrected chi connectivity index (χ2v) is 5.44. The second kappa shape index (κ2) is 6.67. The molecule has 2 N–H and O–H groups in total. The maximum Gasteiger partial charge on any atom is 0.253 e. The number of anilines is 1. The van der Waals surface area contributed by atoms with E-state index in [9.17, 15) is 4.79 Å². The van der Waals surface area contributed by atoms with Crippen LogP contribution in [-0.4, -0.2) is 22.9 Å². The zero-order valence-electron chi connectivity index (χ0n) is 11.2. The minimum absolute atomic E-state index is 0.0924. The number of halogens is 1. The molecule has 2 aromatic heterocycles. The van der Waals surface area contributed by atoms with Crippen LogP contribution in [0.15, 0.2) is 23.8 Å². The SMILES string of the molecule is CCC(NC(=O)c1cnc(NC)c(Cl)c1)c1nccs1. The van der Waals surface area contributed by atoms with Gasteiger partial charge in [-0.3, -0.25) is 4.79 Å². The number of pyridine rings is 1. The van der Waals surface area contributed by atoms with E-state index in [0.717, 1.165) is 11.4 Å². The highest BCUT2D eigenvalue weighted by Gasteiger charge is 2.17. The second-order valence-electron chi connectivity index (χ2n) is 4.11. The van der Waals surface area contributed by atoms with E-state index in [1.807, 2.05) is 12.3 Å². The van der Waals surface area contributed by atoms with Crippen molar-refractivity contribution in [3.8, 4) is 0 Å². The number of thiazole rings is 1. The smallest absolute Gasteiger partial charge is 0.253 e. The molecule has 5 nitrogen and oxygen atoms in total. The summed E-state index contributed by atoms with van der Waals surface area (Å²) in [6, 6.07) is 1.51. The average Bonchev–Trinajstić information content (AvgIpc) is 2.98. The molecule has 1 atom stereocenters. The molecule has 20 heavy (non-hydrogen) atoms. The van der Waals surface area contributed by atoms with Crippen LogP contribution >= 0.6 is 22.9 Å². The number of hydrogen-bond donors (Lipinski definition) is 2. The molecular formula is C13H15ClN4OS. The van der Waals surface area contributed by atoms with Gasteiger partial charge in [-0.15, -0.1) is 11.3 Å². The number of carbonyl (C=O) groups excluding carboxylic acids is 1. The molecule has 7 heteroatoms. The summed E-state index contributed by atoms with van der Waals surface area (Å²) in [5, 5.41) is 9.00. The summed E-state index contributed by atoms with van der Waals surface area (Å²) in [6.45, 7) is 2.00. The third-order valence-corrected chi connectivity index (χ3v) is 3.98. The van der Waals surface area contributed by atoms with E-state index in [2.05, 4.69) is 20.6 Å². The highest BCUT2D eigenvalue weighted by atomic mass is 35.5. The van der Waals surface area contributed by atoms with Gasteiger partial charge in [-0.05, 0) is 12.5 Å². The van der Waals surface area contributed by atoms with Crippen molar-refractivity contribution < 1.29 is 4.79 Å². The van der Waals surface area contributed by atoms with Gasteiger partial charge in [-0.1, -0.05) is 18.5 Å². The maximum absolute atomic E-state index is 12.2. The summed E-state index contributed by atoms with van der Waals surface area (Å²) < 4.78 is 0. The fraction of sp³-hybridized carbons (Fsp3) is 0.308. The molecule has 0 bridgehead atoms. The Morgan fingerprint density at radius 3 is 2.85 bits per heavy atom. The van der Waals surface area contributed by atoms with Crippen molar-refractivity contribution in [2.45, 2.75) is 19.4 Å². The molecule has 0 fully saturated rings. The Kier molecular flexibility index (Phi) is 4.92. The molecule has 0 saturated carbocycles. The normalized spacial score (nSPS) is 11.9. The van der Waals surface area contributed by atoms with Crippen LogP contribution in [0.5, 0.6) is 0 Å². The van der Waals surface area contributed by atoms with Gasteiger partial charge < -0.3 is 10.6 Å². The molecular weight excluding hydrogens is 296 g/mol. The van der Waals surface area contributed by atoms with E-state index in [1.165, 1.54) is 17.5 Å². The van der Waals surface area contributed by atoms with Gasteiger partial charge in [0, 0.05) is 24.8 Å². The van der Waals surface area contributed by atoms with Crippen LogP contribution in [0.4, 0.5) is 5.82 Å². The highest BCUT2D eigenvalue weighted by Crippen LogP contribution is 2.22. The van der Waals surface area contributed by atoms with Gasteiger partial charge in [-0.25, -0.2) is 9.97 Å². The lowest BCUT2D eigenvalue weighted by molar-refractivity contribution is 0.0935. The van der Waals surface area contributed by atoms with Crippen LogP contribution in [0.25, 0.3) is 0 Å². The monoisotopic (exact) mass is 310 g/mol. The Morgan fingerprint density at radius 2 is 2.30 bits per heavy atom. The standard InChI is InChI=1S/C13H15ClN4OS/c1-3-10(13-16-4-5-20-13)18-12(19)8-6-9(14)11(15-2)17-7-8/h4-7,10H,3H2,1-2H3,(H,15,17)(H,18,19). The molecule has 2 heterocycles. The Balaban J connectivity index is 2.13. The van der Waals surface area contributed by atoms with Crippen LogP contribution < -0.4 is 10.6 Å². The van der Waals surface area contributed by atoms with E-state index in [4.69, 9.17) is 11.6 Å². The van der Waals surface area contributed by atoms with Crippen molar-refractivity contribution in [1.29, 1.82) is 0 Å².